The Morgan fingerprint density at radius 3 is 2.76 bits per heavy atom. The van der Waals surface area contributed by atoms with Crippen molar-refractivity contribution in [2.75, 3.05) is 49.2 Å². The molecule has 0 aromatic heterocycles. The van der Waals surface area contributed by atoms with Crippen molar-refractivity contribution in [2.45, 2.75) is 13.3 Å². The lowest BCUT2D eigenvalue weighted by molar-refractivity contribution is 0.122. The predicted molar refractivity (Wildman–Crippen MR) is 71.1 cm³/mol. The molecule has 0 N–H and O–H groups in total. The van der Waals surface area contributed by atoms with Crippen LogP contribution in [0.1, 0.15) is 12.5 Å². The molecule has 0 saturated carbocycles. The maximum absolute atomic E-state index is 5.40. The van der Waals surface area contributed by atoms with E-state index in [1.165, 1.54) is 29.9 Å². The molecule has 2 heterocycles. The number of rotatable bonds is 2. The minimum absolute atomic E-state index is 0.859. The number of hydrogen-bond acceptors (Lipinski definition) is 3. The van der Waals surface area contributed by atoms with E-state index in [-0.39, 0.29) is 0 Å². The molecule has 0 atom stereocenters. The first-order chi connectivity index (χ1) is 8.38. The summed E-state index contributed by atoms with van der Waals surface area (Å²) >= 11 is 0. The third kappa shape index (κ3) is 2.00. The fraction of sp³-hybridized carbons (Fsp3) is 0.571. The molecule has 1 fully saturated rings. The van der Waals surface area contributed by atoms with Crippen molar-refractivity contribution in [1.29, 1.82) is 0 Å². The average Bonchev–Trinajstić information content (AvgIpc) is 2.81. The van der Waals surface area contributed by atoms with Crippen molar-refractivity contribution in [3.63, 3.8) is 0 Å². The predicted octanol–water partition coefficient (Wildman–Crippen LogP) is 1.91. The monoisotopic (exact) mass is 232 g/mol. The van der Waals surface area contributed by atoms with Gasteiger partial charge in [0.15, 0.2) is 0 Å². The van der Waals surface area contributed by atoms with Crippen LogP contribution in [0.25, 0.3) is 0 Å². The van der Waals surface area contributed by atoms with Crippen LogP contribution in [0.5, 0.6) is 0 Å². The number of nitrogens with zero attached hydrogens (tertiary/aromatic N) is 2. The maximum atomic E-state index is 5.40. The van der Waals surface area contributed by atoms with Gasteiger partial charge in [0.1, 0.15) is 0 Å². The highest BCUT2D eigenvalue weighted by Gasteiger charge is 2.19. The topological polar surface area (TPSA) is 15.7 Å². The first-order valence-corrected chi connectivity index (χ1v) is 6.59. The highest BCUT2D eigenvalue weighted by Crippen LogP contribution is 2.31. The Balaban J connectivity index is 1.84. The molecule has 3 nitrogen and oxygen atoms in total. The van der Waals surface area contributed by atoms with Crippen molar-refractivity contribution >= 4 is 11.4 Å². The average molecular weight is 232 g/mol. The molecule has 1 aromatic rings. The lowest BCUT2D eigenvalue weighted by Gasteiger charge is -2.29. The number of likely N-dealkylation sites (N-methyl/N-ethyl adjacent to an activating group) is 1. The molecule has 3 rings (SSSR count). The molecule has 92 valence electrons. The number of anilines is 2. The fourth-order valence-corrected chi connectivity index (χ4v) is 2.80. The lowest BCUT2D eigenvalue weighted by Crippen LogP contribution is -2.36. The molecule has 1 saturated heterocycles. The molecule has 0 unspecified atom stereocenters. The molecule has 2 aliphatic heterocycles. The highest BCUT2D eigenvalue weighted by molar-refractivity contribution is 5.64. The van der Waals surface area contributed by atoms with Crippen LogP contribution in [0.4, 0.5) is 11.4 Å². The molecular formula is C14H20N2O. The zero-order valence-electron chi connectivity index (χ0n) is 10.5. The standard InChI is InChI=1S/C14H20N2O/c1-2-15-6-5-12-11-13(3-4-14(12)15)16-7-9-17-10-8-16/h3-4,11H,2,5-10H2,1H3. The van der Waals surface area contributed by atoms with E-state index in [0.29, 0.717) is 0 Å². The van der Waals surface area contributed by atoms with Crippen molar-refractivity contribution < 1.29 is 4.74 Å². The summed E-state index contributed by atoms with van der Waals surface area (Å²) in [6.45, 7) is 8.29. The molecule has 17 heavy (non-hydrogen) atoms. The van der Waals surface area contributed by atoms with E-state index >= 15 is 0 Å². The number of fused-ring (bicyclic) bond motifs is 1. The summed E-state index contributed by atoms with van der Waals surface area (Å²) in [6, 6.07) is 6.92. The minimum atomic E-state index is 0.859. The molecule has 0 bridgehead atoms. The van der Waals surface area contributed by atoms with E-state index in [1.807, 2.05) is 0 Å². The van der Waals surface area contributed by atoms with Crippen LogP contribution in [0.2, 0.25) is 0 Å². The molecule has 0 radical (unpaired) electrons. The maximum Gasteiger partial charge on any atom is 0.0642 e. The lowest BCUT2D eigenvalue weighted by atomic mass is 10.1. The van der Waals surface area contributed by atoms with Gasteiger partial charge in [-0.05, 0) is 37.1 Å². The smallest absolute Gasteiger partial charge is 0.0642 e. The van der Waals surface area contributed by atoms with Crippen molar-refractivity contribution in [2.24, 2.45) is 0 Å². The number of benzene rings is 1. The Labute approximate surface area is 103 Å². The van der Waals surface area contributed by atoms with Gasteiger partial charge < -0.3 is 14.5 Å². The normalized spacial score (nSPS) is 19.6. The number of hydrogen-bond donors (Lipinski definition) is 0. The molecule has 0 amide bonds. The fourth-order valence-electron chi connectivity index (χ4n) is 2.80. The van der Waals surface area contributed by atoms with E-state index in [1.54, 1.807) is 0 Å². The minimum Gasteiger partial charge on any atom is -0.378 e. The molecule has 1 aromatic carbocycles. The zero-order valence-corrected chi connectivity index (χ0v) is 10.5. The van der Waals surface area contributed by atoms with Crippen LogP contribution in [0, 0.1) is 0 Å². The number of ether oxygens (including phenoxy) is 1. The van der Waals surface area contributed by atoms with E-state index < -0.39 is 0 Å². The third-order valence-corrected chi connectivity index (χ3v) is 3.81. The highest BCUT2D eigenvalue weighted by atomic mass is 16.5. The third-order valence-electron chi connectivity index (χ3n) is 3.81. The van der Waals surface area contributed by atoms with Crippen LogP contribution in [-0.4, -0.2) is 39.4 Å². The van der Waals surface area contributed by atoms with Gasteiger partial charge in [-0.3, -0.25) is 0 Å². The summed E-state index contributed by atoms with van der Waals surface area (Å²) in [4.78, 5) is 4.89. The van der Waals surface area contributed by atoms with Gasteiger partial charge >= 0.3 is 0 Å². The molecule has 0 aliphatic carbocycles. The summed E-state index contributed by atoms with van der Waals surface area (Å²) in [5.41, 5.74) is 4.31. The molecule has 0 spiro atoms. The van der Waals surface area contributed by atoms with Gasteiger partial charge in [0.05, 0.1) is 13.2 Å². The summed E-state index contributed by atoms with van der Waals surface area (Å²) in [5, 5.41) is 0. The second-order valence-corrected chi connectivity index (χ2v) is 4.74. The van der Waals surface area contributed by atoms with Crippen molar-refractivity contribution in [3.05, 3.63) is 23.8 Å². The van der Waals surface area contributed by atoms with Crippen LogP contribution in [0.3, 0.4) is 0 Å². The Kier molecular flexibility index (Phi) is 2.93. The number of morpholine rings is 1. The second-order valence-electron chi connectivity index (χ2n) is 4.74. The van der Waals surface area contributed by atoms with Gasteiger partial charge in [0.2, 0.25) is 0 Å². The SMILES string of the molecule is CCN1CCc2cc(N3CCOCC3)ccc21. The Bertz CT molecular complexity index is 399. The summed E-state index contributed by atoms with van der Waals surface area (Å²) in [7, 11) is 0. The molecule has 3 heteroatoms. The first kappa shape index (κ1) is 10.9. The molecular weight excluding hydrogens is 212 g/mol. The van der Waals surface area contributed by atoms with Crippen LogP contribution < -0.4 is 9.80 Å². The Morgan fingerprint density at radius 1 is 1.18 bits per heavy atom. The van der Waals surface area contributed by atoms with E-state index in [9.17, 15) is 0 Å². The summed E-state index contributed by atoms with van der Waals surface area (Å²) < 4.78 is 5.40. The second kappa shape index (κ2) is 4.57. The van der Waals surface area contributed by atoms with Crippen molar-refractivity contribution in [1.82, 2.24) is 0 Å². The van der Waals surface area contributed by atoms with Gasteiger partial charge in [0.25, 0.3) is 0 Å². The largest absolute Gasteiger partial charge is 0.378 e. The van der Waals surface area contributed by atoms with E-state index in [0.717, 1.165) is 32.8 Å². The van der Waals surface area contributed by atoms with Gasteiger partial charge in [-0.25, -0.2) is 0 Å². The van der Waals surface area contributed by atoms with Gasteiger partial charge in [-0.2, -0.15) is 0 Å². The van der Waals surface area contributed by atoms with Crippen molar-refractivity contribution in [3.8, 4) is 0 Å². The Morgan fingerprint density at radius 2 is 2.00 bits per heavy atom. The zero-order chi connectivity index (χ0) is 11.7. The van der Waals surface area contributed by atoms with Gasteiger partial charge in [-0.1, -0.05) is 0 Å². The van der Waals surface area contributed by atoms with E-state index in [4.69, 9.17) is 4.74 Å². The Hall–Kier alpha value is -1.22. The van der Waals surface area contributed by atoms with Crippen LogP contribution in [-0.2, 0) is 11.2 Å². The van der Waals surface area contributed by atoms with Gasteiger partial charge in [0, 0.05) is 37.6 Å². The quantitative estimate of drug-likeness (QED) is 0.774. The summed E-state index contributed by atoms with van der Waals surface area (Å²) in [6.07, 6.45) is 1.20. The summed E-state index contributed by atoms with van der Waals surface area (Å²) in [5.74, 6) is 0. The van der Waals surface area contributed by atoms with Crippen LogP contribution >= 0.6 is 0 Å². The van der Waals surface area contributed by atoms with Crippen LogP contribution in [0.15, 0.2) is 18.2 Å². The van der Waals surface area contributed by atoms with Gasteiger partial charge in [-0.15, -0.1) is 0 Å². The van der Waals surface area contributed by atoms with E-state index in [2.05, 4.69) is 34.9 Å². The molecule has 2 aliphatic rings. The first-order valence-electron chi connectivity index (χ1n) is 6.59.